The van der Waals surface area contributed by atoms with E-state index in [2.05, 4.69) is 4.98 Å². The summed E-state index contributed by atoms with van der Waals surface area (Å²) in [5.41, 5.74) is 1.22. The molecule has 0 radical (unpaired) electrons. The van der Waals surface area contributed by atoms with Crippen molar-refractivity contribution in [2.24, 2.45) is 0 Å². The molecule has 100 valence electrons. The number of rotatable bonds is 3. The van der Waals surface area contributed by atoms with Crippen LogP contribution in [0.5, 0.6) is 0 Å². The van der Waals surface area contributed by atoms with E-state index in [0.29, 0.717) is 5.56 Å². The number of thiazole rings is 1. The highest BCUT2D eigenvalue weighted by atomic mass is 32.1. The second-order valence-electron chi connectivity index (χ2n) is 4.16. The Bertz CT molecular complexity index is 719. The van der Waals surface area contributed by atoms with E-state index < -0.39 is 5.97 Å². The normalized spacial score (nSPS) is 10.7. The first-order valence-corrected chi connectivity index (χ1v) is 6.81. The van der Waals surface area contributed by atoms with Crippen LogP contribution in [0.15, 0.2) is 48.5 Å². The smallest absolute Gasteiger partial charge is 0.338 e. The van der Waals surface area contributed by atoms with Crippen molar-refractivity contribution >= 4 is 27.5 Å². The topological polar surface area (TPSA) is 39.2 Å². The molecule has 3 nitrogen and oxygen atoms in total. The highest BCUT2D eigenvalue weighted by molar-refractivity contribution is 7.18. The number of hydrogen-bond donors (Lipinski definition) is 0. The van der Waals surface area contributed by atoms with Crippen molar-refractivity contribution in [3.63, 3.8) is 0 Å². The lowest BCUT2D eigenvalue weighted by atomic mass is 10.2. The number of nitrogens with zero attached hydrogens (tertiary/aromatic N) is 1. The molecule has 0 aliphatic rings. The molecule has 0 aliphatic heterocycles. The molecule has 1 heterocycles. The molecule has 0 amide bonds. The highest BCUT2D eigenvalue weighted by Gasteiger charge is 2.09. The molecule has 5 heteroatoms. The molecule has 0 spiro atoms. The van der Waals surface area contributed by atoms with Gasteiger partial charge in [0.2, 0.25) is 0 Å². The van der Waals surface area contributed by atoms with Crippen molar-refractivity contribution in [1.82, 2.24) is 4.98 Å². The quantitative estimate of drug-likeness (QED) is 0.688. The zero-order valence-corrected chi connectivity index (χ0v) is 11.2. The van der Waals surface area contributed by atoms with Crippen LogP contribution < -0.4 is 0 Å². The fourth-order valence-corrected chi connectivity index (χ4v) is 2.66. The maximum atomic E-state index is 12.8. The van der Waals surface area contributed by atoms with Crippen LogP contribution in [0.2, 0.25) is 0 Å². The monoisotopic (exact) mass is 287 g/mol. The summed E-state index contributed by atoms with van der Waals surface area (Å²) >= 11 is 1.49. The molecule has 0 bridgehead atoms. The van der Waals surface area contributed by atoms with Gasteiger partial charge in [0.1, 0.15) is 17.4 Å². The summed E-state index contributed by atoms with van der Waals surface area (Å²) in [7, 11) is 0. The summed E-state index contributed by atoms with van der Waals surface area (Å²) in [6, 6.07) is 13.0. The van der Waals surface area contributed by atoms with Crippen molar-refractivity contribution < 1.29 is 13.9 Å². The predicted molar refractivity (Wildman–Crippen MR) is 75.1 cm³/mol. The average Bonchev–Trinajstić information content (AvgIpc) is 2.88. The van der Waals surface area contributed by atoms with E-state index >= 15 is 0 Å². The number of carbonyl (C=O) groups is 1. The maximum absolute atomic E-state index is 12.8. The Kier molecular flexibility index (Phi) is 3.43. The highest BCUT2D eigenvalue weighted by Crippen LogP contribution is 2.22. The van der Waals surface area contributed by atoms with Crippen LogP contribution in [0.1, 0.15) is 15.4 Å². The van der Waals surface area contributed by atoms with Crippen molar-refractivity contribution in [2.45, 2.75) is 6.61 Å². The summed E-state index contributed by atoms with van der Waals surface area (Å²) < 4.78 is 19.0. The molecule has 0 aliphatic carbocycles. The second kappa shape index (κ2) is 5.38. The van der Waals surface area contributed by atoms with Gasteiger partial charge in [0.15, 0.2) is 0 Å². The van der Waals surface area contributed by atoms with Crippen LogP contribution in [0.3, 0.4) is 0 Å². The molecule has 0 fully saturated rings. The first kappa shape index (κ1) is 12.7. The van der Waals surface area contributed by atoms with Gasteiger partial charge >= 0.3 is 5.97 Å². The fourth-order valence-electron chi connectivity index (χ4n) is 1.78. The standard InChI is InChI=1S/C15H10FNO2S/c16-11-7-5-10(6-8-11)15(18)19-9-14-17-12-3-1-2-4-13(12)20-14/h1-8H,9H2. The lowest BCUT2D eigenvalue weighted by Gasteiger charge is -2.02. The largest absolute Gasteiger partial charge is 0.455 e. The number of fused-ring (bicyclic) bond motifs is 1. The van der Waals surface area contributed by atoms with Gasteiger partial charge in [-0.1, -0.05) is 12.1 Å². The molecule has 0 saturated heterocycles. The van der Waals surface area contributed by atoms with Crippen molar-refractivity contribution in [1.29, 1.82) is 0 Å². The van der Waals surface area contributed by atoms with E-state index in [1.165, 1.54) is 35.6 Å². The van der Waals surface area contributed by atoms with E-state index in [1.807, 2.05) is 24.3 Å². The van der Waals surface area contributed by atoms with Crippen LogP contribution in [-0.4, -0.2) is 11.0 Å². The minimum atomic E-state index is -0.482. The van der Waals surface area contributed by atoms with Crippen molar-refractivity contribution in [2.75, 3.05) is 0 Å². The number of aromatic nitrogens is 1. The Morgan fingerprint density at radius 1 is 1.15 bits per heavy atom. The third kappa shape index (κ3) is 2.67. The van der Waals surface area contributed by atoms with Crippen molar-refractivity contribution in [3.8, 4) is 0 Å². The van der Waals surface area contributed by atoms with Gasteiger partial charge in [0.25, 0.3) is 0 Å². The molecular formula is C15H10FNO2S. The molecule has 2 aromatic carbocycles. The third-order valence-corrected chi connectivity index (χ3v) is 3.75. The minimum Gasteiger partial charge on any atom is -0.455 e. The summed E-state index contributed by atoms with van der Waals surface area (Å²) in [5, 5.41) is 0.738. The Morgan fingerprint density at radius 3 is 2.65 bits per heavy atom. The van der Waals surface area contributed by atoms with E-state index in [0.717, 1.165) is 15.2 Å². The van der Waals surface area contributed by atoms with Gasteiger partial charge in [0.05, 0.1) is 15.8 Å². The Hall–Kier alpha value is -2.27. The molecule has 0 saturated carbocycles. The first-order chi connectivity index (χ1) is 9.72. The molecule has 0 unspecified atom stereocenters. The molecule has 20 heavy (non-hydrogen) atoms. The molecule has 0 atom stereocenters. The van der Waals surface area contributed by atoms with Crippen molar-refractivity contribution in [3.05, 3.63) is 64.9 Å². The summed E-state index contributed by atoms with van der Waals surface area (Å²) in [6.45, 7) is 0.121. The van der Waals surface area contributed by atoms with Gasteiger partial charge in [-0.2, -0.15) is 0 Å². The van der Waals surface area contributed by atoms with E-state index in [-0.39, 0.29) is 12.4 Å². The molecule has 3 rings (SSSR count). The van der Waals surface area contributed by atoms with Gasteiger partial charge < -0.3 is 4.74 Å². The second-order valence-corrected chi connectivity index (χ2v) is 5.27. The molecule has 3 aromatic rings. The number of ether oxygens (including phenoxy) is 1. The number of para-hydroxylation sites is 1. The summed E-state index contributed by atoms with van der Waals surface area (Å²) in [4.78, 5) is 16.2. The average molecular weight is 287 g/mol. The van der Waals surface area contributed by atoms with Crippen LogP contribution in [0.4, 0.5) is 4.39 Å². The van der Waals surface area contributed by atoms with Crippen LogP contribution in [0, 0.1) is 5.82 Å². The number of carbonyl (C=O) groups excluding carboxylic acids is 1. The Morgan fingerprint density at radius 2 is 1.90 bits per heavy atom. The minimum absolute atomic E-state index is 0.121. The first-order valence-electron chi connectivity index (χ1n) is 5.99. The molecular weight excluding hydrogens is 277 g/mol. The fraction of sp³-hybridized carbons (Fsp3) is 0.0667. The van der Waals surface area contributed by atoms with Gasteiger partial charge in [-0.15, -0.1) is 11.3 Å². The lowest BCUT2D eigenvalue weighted by Crippen LogP contribution is -2.04. The summed E-state index contributed by atoms with van der Waals surface area (Å²) in [6.07, 6.45) is 0. The molecule has 1 aromatic heterocycles. The van der Waals surface area contributed by atoms with E-state index in [9.17, 15) is 9.18 Å². The maximum Gasteiger partial charge on any atom is 0.338 e. The zero-order chi connectivity index (χ0) is 13.9. The molecule has 0 N–H and O–H groups in total. The van der Waals surface area contributed by atoms with Crippen LogP contribution in [-0.2, 0) is 11.3 Å². The third-order valence-electron chi connectivity index (χ3n) is 2.74. The van der Waals surface area contributed by atoms with Crippen LogP contribution in [0.25, 0.3) is 10.2 Å². The van der Waals surface area contributed by atoms with E-state index in [1.54, 1.807) is 0 Å². The van der Waals surface area contributed by atoms with E-state index in [4.69, 9.17) is 4.74 Å². The summed E-state index contributed by atoms with van der Waals surface area (Å²) in [5.74, 6) is -0.864. The lowest BCUT2D eigenvalue weighted by molar-refractivity contribution is 0.0472. The SMILES string of the molecule is O=C(OCc1nc2ccccc2s1)c1ccc(F)cc1. The van der Waals surface area contributed by atoms with Gasteiger partial charge in [-0.05, 0) is 36.4 Å². The number of hydrogen-bond acceptors (Lipinski definition) is 4. The van der Waals surface area contributed by atoms with Gasteiger partial charge in [-0.3, -0.25) is 0 Å². The van der Waals surface area contributed by atoms with Crippen LogP contribution >= 0.6 is 11.3 Å². The van der Waals surface area contributed by atoms with Gasteiger partial charge in [0, 0.05) is 0 Å². The number of halogens is 1. The Balaban J connectivity index is 1.69. The Labute approximate surface area is 118 Å². The zero-order valence-electron chi connectivity index (χ0n) is 10.4. The predicted octanol–water partition coefficient (Wildman–Crippen LogP) is 3.79. The number of benzene rings is 2. The van der Waals surface area contributed by atoms with Gasteiger partial charge in [-0.25, -0.2) is 14.2 Å². The number of esters is 1.